The number of fused-ring (bicyclic) bond motifs is 1. The van der Waals surface area contributed by atoms with Crippen molar-refractivity contribution >= 4 is 5.69 Å². The Morgan fingerprint density at radius 1 is 1.50 bits per heavy atom. The zero-order chi connectivity index (χ0) is 11.5. The number of hydrogen-bond acceptors (Lipinski definition) is 3. The van der Waals surface area contributed by atoms with Gasteiger partial charge in [0.05, 0.1) is 6.61 Å². The van der Waals surface area contributed by atoms with Crippen molar-refractivity contribution in [1.82, 2.24) is 0 Å². The lowest BCUT2D eigenvalue weighted by Gasteiger charge is -2.38. The molecule has 0 saturated heterocycles. The van der Waals surface area contributed by atoms with Crippen molar-refractivity contribution in [2.24, 2.45) is 5.73 Å². The maximum absolute atomic E-state index is 9.38. The summed E-state index contributed by atoms with van der Waals surface area (Å²) in [6, 6.07) is 8.70. The lowest BCUT2D eigenvalue weighted by Crippen LogP contribution is -2.42. The molecule has 3 nitrogen and oxygen atoms in total. The number of anilines is 1. The number of nitrogens with two attached hydrogens (primary N) is 1. The Morgan fingerprint density at radius 2 is 2.25 bits per heavy atom. The number of nitrogens with zero attached hydrogens (tertiary/aromatic N) is 1. The SMILES string of the molecule is CC(CN)N1CCC(CO)c2ccccc21. The molecule has 2 atom stereocenters. The van der Waals surface area contributed by atoms with Crippen LogP contribution in [0.25, 0.3) is 0 Å². The van der Waals surface area contributed by atoms with Crippen LogP contribution in [-0.4, -0.2) is 30.8 Å². The Balaban J connectivity index is 2.35. The highest BCUT2D eigenvalue weighted by molar-refractivity contribution is 5.57. The molecule has 0 aliphatic carbocycles. The van der Waals surface area contributed by atoms with Gasteiger partial charge in [-0.15, -0.1) is 0 Å². The van der Waals surface area contributed by atoms with Gasteiger partial charge in [0, 0.05) is 30.7 Å². The lowest BCUT2D eigenvalue weighted by atomic mass is 9.90. The van der Waals surface area contributed by atoms with Crippen LogP contribution in [0.15, 0.2) is 24.3 Å². The summed E-state index contributed by atoms with van der Waals surface area (Å²) in [5, 5.41) is 9.38. The van der Waals surface area contributed by atoms with Crippen molar-refractivity contribution < 1.29 is 5.11 Å². The quantitative estimate of drug-likeness (QED) is 0.807. The van der Waals surface area contributed by atoms with E-state index in [2.05, 4.69) is 30.0 Å². The van der Waals surface area contributed by atoms with Crippen LogP contribution in [0.4, 0.5) is 5.69 Å². The monoisotopic (exact) mass is 220 g/mol. The van der Waals surface area contributed by atoms with Crippen molar-refractivity contribution in [2.75, 3.05) is 24.6 Å². The third-order valence-electron chi connectivity index (χ3n) is 3.50. The van der Waals surface area contributed by atoms with Crippen LogP contribution >= 0.6 is 0 Å². The highest BCUT2D eigenvalue weighted by atomic mass is 16.3. The smallest absolute Gasteiger partial charge is 0.0501 e. The van der Waals surface area contributed by atoms with Crippen LogP contribution in [0.1, 0.15) is 24.8 Å². The van der Waals surface area contributed by atoms with E-state index in [9.17, 15) is 5.11 Å². The maximum atomic E-state index is 9.38. The van der Waals surface area contributed by atoms with Crippen LogP contribution in [0, 0.1) is 0 Å². The third kappa shape index (κ3) is 1.93. The van der Waals surface area contributed by atoms with Gasteiger partial charge in [0.2, 0.25) is 0 Å². The zero-order valence-electron chi connectivity index (χ0n) is 9.76. The minimum atomic E-state index is 0.238. The van der Waals surface area contributed by atoms with Crippen LogP contribution in [0.2, 0.25) is 0 Å². The van der Waals surface area contributed by atoms with E-state index in [0.717, 1.165) is 13.0 Å². The third-order valence-corrected chi connectivity index (χ3v) is 3.50. The average Bonchev–Trinajstić information content (AvgIpc) is 2.36. The van der Waals surface area contributed by atoms with Gasteiger partial charge in [0.1, 0.15) is 0 Å². The predicted molar refractivity (Wildman–Crippen MR) is 66.7 cm³/mol. The van der Waals surface area contributed by atoms with Crippen molar-refractivity contribution in [3.05, 3.63) is 29.8 Å². The van der Waals surface area contributed by atoms with E-state index in [0.29, 0.717) is 12.6 Å². The topological polar surface area (TPSA) is 49.5 Å². The summed E-state index contributed by atoms with van der Waals surface area (Å²) in [6.45, 7) is 4.04. The van der Waals surface area contributed by atoms with Gasteiger partial charge in [0.25, 0.3) is 0 Å². The molecule has 2 rings (SSSR count). The van der Waals surface area contributed by atoms with Gasteiger partial charge in [-0.05, 0) is 25.0 Å². The second-order valence-corrected chi connectivity index (χ2v) is 4.51. The molecule has 1 aromatic rings. The maximum Gasteiger partial charge on any atom is 0.0501 e. The Labute approximate surface area is 96.9 Å². The number of benzene rings is 1. The first-order valence-corrected chi connectivity index (χ1v) is 5.94. The summed E-state index contributed by atoms with van der Waals surface area (Å²) < 4.78 is 0. The molecule has 1 aliphatic heterocycles. The highest BCUT2D eigenvalue weighted by Gasteiger charge is 2.26. The van der Waals surface area contributed by atoms with Gasteiger partial charge in [-0.1, -0.05) is 18.2 Å². The molecule has 88 valence electrons. The molecular weight excluding hydrogens is 200 g/mol. The van der Waals surface area contributed by atoms with Crippen LogP contribution in [0.5, 0.6) is 0 Å². The van der Waals surface area contributed by atoms with E-state index in [4.69, 9.17) is 5.73 Å². The van der Waals surface area contributed by atoms with Crippen LogP contribution < -0.4 is 10.6 Å². The Morgan fingerprint density at radius 3 is 2.94 bits per heavy atom. The van der Waals surface area contributed by atoms with Crippen molar-refractivity contribution in [3.63, 3.8) is 0 Å². The second kappa shape index (κ2) is 4.85. The van der Waals surface area contributed by atoms with Crippen molar-refractivity contribution in [2.45, 2.75) is 25.3 Å². The molecular formula is C13H20N2O. The van der Waals surface area contributed by atoms with Crippen molar-refractivity contribution in [3.8, 4) is 0 Å². The fourth-order valence-electron chi connectivity index (χ4n) is 2.44. The zero-order valence-corrected chi connectivity index (χ0v) is 9.76. The number of hydrogen-bond donors (Lipinski definition) is 2. The highest BCUT2D eigenvalue weighted by Crippen LogP contribution is 2.35. The summed E-state index contributed by atoms with van der Waals surface area (Å²) in [4.78, 5) is 2.35. The molecule has 1 aliphatic rings. The summed E-state index contributed by atoms with van der Waals surface area (Å²) in [5.41, 5.74) is 8.24. The Hall–Kier alpha value is -1.06. The Bertz CT molecular complexity index is 354. The molecule has 0 radical (unpaired) electrons. The summed E-state index contributed by atoms with van der Waals surface area (Å²) in [6.07, 6.45) is 1.01. The van der Waals surface area contributed by atoms with E-state index >= 15 is 0 Å². The molecule has 3 heteroatoms. The van der Waals surface area contributed by atoms with E-state index in [1.165, 1.54) is 11.3 Å². The molecule has 0 aromatic heterocycles. The van der Waals surface area contributed by atoms with Gasteiger partial charge in [-0.3, -0.25) is 0 Å². The lowest BCUT2D eigenvalue weighted by molar-refractivity contribution is 0.256. The standard InChI is InChI=1S/C13H20N2O/c1-10(8-14)15-7-6-11(9-16)12-4-2-3-5-13(12)15/h2-5,10-11,16H,6-9,14H2,1H3. The predicted octanol–water partition coefficient (Wildman–Crippen LogP) is 1.32. The summed E-state index contributed by atoms with van der Waals surface area (Å²) >= 11 is 0. The van der Waals surface area contributed by atoms with E-state index < -0.39 is 0 Å². The number of para-hydroxylation sites is 1. The molecule has 2 unspecified atom stereocenters. The van der Waals surface area contributed by atoms with Gasteiger partial charge in [0.15, 0.2) is 0 Å². The fraction of sp³-hybridized carbons (Fsp3) is 0.538. The molecule has 1 heterocycles. The summed E-state index contributed by atoms with van der Waals surface area (Å²) in [5.74, 6) is 0.289. The second-order valence-electron chi connectivity index (χ2n) is 4.51. The first-order chi connectivity index (χ1) is 7.77. The van der Waals surface area contributed by atoms with E-state index in [-0.39, 0.29) is 12.5 Å². The first-order valence-electron chi connectivity index (χ1n) is 5.94. The minimum Gasteiger partial charge on any atom is -0.396 e. The fourth-order valence-corrected chi connectivity index (χ4v) is 2.44. The first kappa shape index (κ1) is 11.4. The van der Waals surface area contributed by atoms with Crippen LogP contribution in [-0.2, 0) is 0 Å². The summed E-state index contributed by atoms with van der Waals surface area (Å²) in [7, 11) is 0. The number of rotatable bonds is 3. The van der Waals surface area contributed by atoms with E-state index in [1.54, 1.807) is 0 Å². The molecule has 0 bridgehead atoms. The van der Waals surface area contributed by atoms with E-state index in [1.807, 2.05) is 6.07 Å². The van der Waals surface area contributed by atoms with Gasteiger partial charge in [-0.2, -0.15) is 0 Å². The molecule has 0 amide bonds. The molecule has 0 spiro atoms. The number of aliphatic hydroxyl groups excluding tert-OH is 1. The molecule has 16 heavy (non-hydrogen) atoms. The molecule has 0 saturated carbocycles. The molecule has 1 aromatic carbocycles. The van der Waals surface area contributed by atoms with Gasteiger partial charge in [-0.25, -0.2) is 0 Å². The van der Waals surface area contributed by atoms with Gasteiger partial charge >= 0.3 is 0 Å². The largest absolute Gasteiger partial charge is 0.396 e. The normalized spacial score (nSPS) is 21.7. The van der Waals surface area contributed by atoms with Crippen LogP contribution in [0.3, 0.4) is 0 Å². The van der Waals surface area contributed by atoms with Gasteiger partial charge < -0.3 is 15.7 Å². The minimum absolute atomic E-state index is 0.238. The molecule has 0 fully saturated rings. The Kier molecular flexibility index (Phi) is 3.46. The number of aliphatic hydroxyl groups is 1. The average molecular weight is 220 g/mol. The van der Waals surface area contributed by atoms with Crippen molar-refractivity contribution in [1.29, 1.82) is 0 Å². The molecule has 3 N–H and O–H groups in total.